The van der Waals surface area contributed by atoms with Gasteiger partial charge in [-0.2, -0.15) is 0 Å². The van der Waals surface area contributed by atoms with Crippen molar-refractivity contribution in [3.8, 4) is 17.2 Å². The van der Waals surface area contributed by atoms with Gasteiger partial charge in [-0.15, -0.1) is 0 Å². The van der Waals surface area contributed by atoms with Crippen molar-refractivity contribution in [3.05, 3.63) is 53.6 Å². The monoisotopic (exact) mass is 483 g/mol. The van der Waals surface area contributed by atoms with Gasteiger partial charge in [0, 0.05) is 0 Å². The molecule has 23 heavy (non-hydrogen) atoms. The number of benzene rings is 2. The van der Waals surface area contributed by atoms with Crippen LogP contribution in [0.5, 0.6) is 17.2 Å². The molecular weight excluding hydrogens is 462 g/mol. The molecule has 2 aromatic carbocycles. The van der Waals surface area contributed by atoms with Gasteiger partial charge in [0.25, 0.3) is 0 Å². The fourth-order valence-electron chi connectivity index (χ4n) is 2.21. The van der Waals surface area contributed by atoms with E-state index in [-0.39, 0.29) is 6.04 Å². The van der Waals surface area contributed by atoms with Crippen molar-refractivity contribution in [2.45, 2.75) is 13.0 Å². The fraction of sp³-hybridized carbons (Fsp3) is 0.278. The molecule has 0 fully saturated rings. The average Bonchev–Trinajstić information content (AvgIpc) is 2.59. The third kappa shape index (κ3) is 4.66. The molecule has 0 aliphatic rings. The quantitative estimate of drug-likeness (QED) is 0.659. The van der Waals surface area contributed by atoms with Crippen molar-refractivity contribution >= 4 is 3.90 Å². The van der Waals surface area contributed by atoms with Crippen LogP contribution in [0.1, 0.15) is 24.1 Å². The second kappa shape index (κ2) is 8.28. The molecule has 4 nitrogen and oxygen atoms in total. The molecule has 0 saturated carbocycles. The zero-order valence-electron chi connectivity index (χ0n) is 13.5. The maximum absolute atomic E-state index is 6.39. The van der Waals surface area contributed by atoms with Gasteiger partial charge in [0.15, 0.2) is 0 Å². The van der Waals surface area contributed by atoms with E-state index in [0.717, 1.165) is 28.4 Å². The summed E-state index contributed by atoms with van der Waals surface area (Å²) in [5, 5.41) is 0. The Kier molecular flexibility index (Phi) is 6.37. The van der Waals surface area contributed by atoms with Crippen LogP contribution >= 0.6 is 0 Å². The van der Waals surface area contributed by atoms with E-state index in [1.54, 1.807) is 14.2 Å². The van der Waals surface area contributed by atoms with Crippen LogP contribution in [0.2, 0.25) is 0 Å². The second-order valence-corrected chi connectivity index (χ2v) is 7.65. The fourth-order valence-corrected chi connectivity index (χ4v) is 2.42. The number of hydrogen-bond acceptors (Lipinski definition) is 4. The van der Waals surface area contributed by atoms with E-state index in [1.165, 1.54) is 23.3 Å². The number of rotatable bonds is 7. The van der Waals surface area contributed by atoms with E-state index in [9.17, 15) is 0 Å². The summed E-state index contributed by atoms with van der Waals surface area (Å²) in [6.45, 7) is 2.74. The summed E-state index contributed by atoms with van der Waals surface area (Å²) >= 11 is 1.45. The van der Waals surface area contributed by atoms with E-state index in [4.69, 9.17) is 19.9 Å². The molecule has 0 spiro atoms. The van der Waals surface area contributed by atoms with Gasteiger partial charge < -0.3 is 4.74 Å². The molecule has 0 amide bonds. The van der Waals surface area contributed by atoms with Crippen LogP contribution < -0.4 is 19.9 Å². The van der Waals surface area contributed by atoms with Gasteiger partial charge in [0.05, 0.1) is 7.11 Å². The van der Waals surface area contributed by atoms with Crippen molar-refractivity contribution in [3.63, 3.8) is 0 Å². The molecule has 0 heterocycles. The molecule has 0 saturated heterocycles. The summed E-state index contributed by atoms with van der Waals surface area (Å²) in [6, 6.07) is 13.3. The van der Waals surface area contributed by atoms with Gasteiger partial charge in [0.2, 0.25) is 0 Å². The molecule has 0 aromatic heterocycles. The zero-order valence-corrected chi connectivity index (χ0v) is 16.5. The Hall–Kier alpha value is -1.64. The van der Waals surface area contributed by atoms with Crippen LogP contribution in [0.4, 0.5) is 0 Å². The van der Waals surface area contributed by atoms with E-state index >= 15 is 0 Å². The Morgan fingerprint density at radius 3 is 2.26 bits per heavy atom. The zero-order chi connectivity index (χ0) is 16.8. The summed E-state index contributed by atoms with van der Waals surface area (Å²) in [7, 11) is 3.26. The first-order valence-corrected chi connectivity index (χ1v) is 8.71. The normalized spacial score (nSPS) is 11.7. The third-order valence-electron chi connectivity index (χ3n) is 3.46. The van der Waals surface area contributed by atoms with E-state index < -0.39 is 0 Å². The summed E-state index contributed by atoms with van der Waals surface area (Å²) in [4.78, 5) is 0. The van der Waals surface area contributed by atoms with Crippen LogP contribution in [0.15, 0.2) is 42.5 Å². The Bertz CT molecular complexity index is 670. The molecule has 0 bridgehead atoms. The van der Waals surface area contributed by atoms with Crippen molar-refractivity contribution in [2.75, 3.05) is 20.8 Å². The van der Waals surface area contributed by atoms with Gasteiger partial charge in [-0.3, -0.25) is 0 Å². The SMILES string of the molecule is COc1ccc(C(N)c2ccc(OC[C](C)=[W])cc2)c(OC)c1. The predicted molar refractivity (Wildman–Crippen MR) is 88.2 cm³/mol. The van der Waals surface area contributed by atoms with Gasteiger partial charge in [-0.25, -0.2) is 0 Å². The van der Waals surface area contributed by atoms with E-state index in [0.29, 0.717) is 6.61 Å². The summed E-state index contributed by atoms with van der Waals surface area (Å²) in [5.41, 5.74) is 8.32. The third-order valence-corrected chi connectivity index (χ3v) is 3.88. The first kappa shape index (κ1) is 17.7. The Morgan fingerprint density at radius 2 is 1.70 bits per heavy atom. The summed E-state index contributed by atoms with van der Waals surface area (Å²) in [5.74, 6) is 2.31. The first-order valence-electron chi connectivity index (χ1n) is 7.25. The van der Waals surface area contributed by atoms with E-state index in [2.05, 4.69) is 6.92 Å². The van der Waals surface area contributed by atoms with Crippen LogP contribution in [-0.4, -0.2) is 24.7 Å². The molecular formula is C18H21NO3W. The number of methoxy groups -OCH3 is 2. The Morgan fingerprint density at radius 1 is 1.04 bits per heavy atom. The van der Waals surface area contributed by atoms with Crippen LogP contribution in [0.3, 0.4) is 0 Å². The van der Waals surface area contributed by atoms with Gasteiger partial charge in [-0.05, 0) is 0 Å². The minimum absolute atomic E-state index is 0.270. The van der Waals surface area contributed by atoms with Crippen molar-refractivity contribution in [2.24, 2.45) is 5.73 Å². The number of nitrogens with two attached hydrogens (primary N) is 1. The molecule has 2 N–H and O–H groups in total. The van der Waals surface area contributed by atoms with Gasteiger partial charge in [0.1, 0.15) is 0 Å². The molecule has 1 unspecified atom stereocenters. The predicted octanol–water partition coefficient (Wildman–Crippen LogP) is 2.87. The van der Waals surface area contributed by atoms with Crippen LogP contribution in [0.25, 0.3) is 0 Å². The first-order chi connectivity index (χ1) is 11.0. The molecule has 0 aliphatic carbocycles. The molecule has 122 valence electrons. The summed E-state index contributed by atoms with van der Waals surface area (Å²) in [6.07, 6.45) is 0. The molecule has 2 rings (SSSR count). The summed E-state index contributed by atoms with van der Waals surface area (Å²) < 4.78 is 17.7. The maximum atomic E-state index is 6.39. The molecule has 2 aromatic rings. The number of ether oxygens (including phenoxy) is 3. The van der Waals surface area contributed by atoms with Crippen molar-refractivity contribution in [1.82, 2.24) is 0 Å². The minimum atomic E-state index is -0.270. The van der Waals surface area contributed by atoms with Crippen molar-refractivity contribution < 1.29 is 33.6 Å². The second-order valence-electron chi connectivity index (χ2n) is 5.15. The van der Waals surface area contributed by atoms with Crippen molar-refractivity contribution in [1.29, 1.82) is 0 Å². The molecule has 1 atom stereocenters. The number of hydrogen-bond donors (Lipinski definition) is 1. The Balaban J connectivity index is 2.19. The van der Waals surface area contributed by atoms with Gasteiger partial charge >= 0.3 is 136 Å². The van der Waals surface area contributed by atoms with Crippen LogP contribution in [0, 0.1) is 0 Å². The molecule has 5 heteroatoms. The standard InChI is InChI=1S/C18H21NO3.W/c1-4-11-22-14-7-5-13(6-8-14)18(19)16-10-9-15(20-2)12-17(16)21-3;/h5-10,12,18H,11,19H2,1-3H3;. The molecule has 0 aliphatic heterocycles. The average molecular weight is 483 g/mol. The van der Waals surface area contributed by atoms with Gasteiger partial charge in [-0.1, -0.05) is 0 Å². The van der Waals surface area contributed by atoms with E-state index in [1.807, 2.05) is 42.5 Å². The van der Waals surface area contributed by atoms with Crippen LogP contribution in [-0.2, 0) is 19.4 Å². The topological polar surface area (TPSA) is 53.7 Å². The Labute approximate surface area is 148 Å². The molecule has 0 radical (unpaired) electrons.